The molecular weight excluding hydrogens is 268 g/mol. The number of rotatable bonds is 7. The monoisotopic (exact) mass is 294 g/mol. The van der Waals surface area contributed by atoms with Crippen molar-refractivity contribution in [2.24, 2.45) is 5.41 Å². The number of carbonyl (C=O) groups is 1. The van der Waals surface area contributed by atoms with Crippen LogP contribution < -0.4 is 15.4 Å². The molecule has 2 amide bonds. The van der Waals surface area contributed by atoms with Gasteiger partial charge in [0.2, 0.25) is 0 Å². The lowest BCUT2D eigenvalue weighted by atomic mass is 9.89. The lowest BCUT2D eigenvalue weighted by Crippen LogP contribution is -2.30. The molecule has 0 spiro atoms. The molecular formula is C16H26N2O3. The van der Waals surface area contributed by atoms with Gasteiger partial charge >= 0.3 is 6.03 Å². The van der Waals surface area contributed by atoms with Gasteiger partial charge in [0, 0.05) is 13.2 Å². The normalized spacial score (nSPS) is 11.1. The van der Waals surface area contributed by atoms with Crippen LogP contribution in [0.1, 0.15) is 32.3 Å². The Bertz CT molecular complexity index is 473. The van der Waals surface area contributed by atoms with Crippen molar-refractivity contribution in [1.82, 2.24) is 5.32 Å². The van der Waals surface area contributed by atoms with Crippen molar-refractivity contribution in [1.29, 1.82) is 0 Å². The van der Waals surface area contributed by atoms with Crippen LogP contribution in [0.25, 0.3) is 0 Å². The predicted molar refractivity (Wildman–Crippen MR) is 84.9 cm³/mol. The van der Waals surface area contributed by atoms with E-state index < -0.39 is 0 Å². The molecule has 0 bridgehead atoms. The summed E-state index contributed by atoms with van der Waals surface area (Å²) in [6, 6.07) is 5.36. The first-order valence-electron chi connectivity index (χ1n) is 7.18. The van der Waals surface area contributed by atoms with E-state index in [2.05, 4.69) is 10.6 Å². The van der Waals surface area contributed by atoms with Gasteiger partial charge in [0.25, 0.3) is 0 Å². The molecule has 0 heterocycles. The highest BCUT2D eigenvalue weighted by molar-refractivity contribution is 5.90. The summed E-state index contributed by atoms with van der Waals surface area (Å²) >= 11 is 0. The topological polar surface area (TPSA) is 70.6 Å². The number of aryl methyl sites for hydroxylation is 1. The molecule has 0 aliphatic heterocycles. The number of benzene rings is 1. The van der Waals surface area contributed by atoms with Gasteiger partial charge in [-0.05, 0) is 42.9 Å². The van der Waals surface area contributed by atoms with Crippen molar-refractivity contribution in [3.8, 4) is 5.75 Å². The van der Waals surface area contributed by atoms with E-state index in [1.807, 2.05) is 39.0 Å². The second-order valence-corrected chi connectivity index (χ2v) is 6.01. The zero-order valence-electron chi connectivity index (χ0n) is 13.3. The van der Waals surface area contributed by atoms with E-state index in [4.69, 9.17) is 9.84 Å². The standard InChI is InChI=1S/C16H26N2O3/c1-12-6-7-13(14(10-12)21-4)18-15(20)17-9-5-8-16(2,3)11-19/h6-7,10,19H,5,8-9,11H2,1-4H3,(H2,17,18,20). The number of hydrogen-bond donors (Lipinski definition) is 3. The molecule has 21 heavy (non-hydrogen) atoms. The van der Waals surface area contributed by atoms with Crippen LogP contribution in [-0.2, 0) is 0 Å². The second-order valence-electron chi connectivity index (χ2n) is 6.01. The van der Waals surface area contributed by atoms with Gasteiger partial charge in [-0.15, -0.1) is 0 Å². The highest BCUT2D eigenvalue weighted by Crippen LogP contribution is 2.25. The Kier molecular flexibility index (Phi) is 6.49. The van der Waals surface area contributed by atoms with Crippen molar-refractivity contribution in [2.45, 2.75) is 33.6 Å². The maximum absolute atomic E-state index is 11.8. The van der Waals surface area contributed by atoms with Crippen LogP contribution in [0.5, 0.6) is 5.75 Å². The third kappa shape index (κ3) is 6.04. The minimum Gasteiger partial charge on any atom is -0.495 e. The first-order chi connectivity index (χ1) is 9.88. The number of nitrogens with one attached hydrogen (secondary N) is 2. The van der Waals surface area contributed by atoms with Crippen LogP contribution >= 0.6 is 0 Å². The Balaban J connectivity index is 2.41. The quantitative estimate of drug-likeness (QED) is 0.677. The number of amides is 2. The Morgan fingerprint density at radius 2 is 2.10 bits per heavy atom. The summed E-state index contributed by atoms with van der Waals surface area (Å²) in [7, 11) is 1.58. The van der Waals surface area contributed by atoms with Gasteiger partial charge < -0.3 is 20.5 Å². The Morgan fingerprint density at radius 1 is 1.38 bits per heavy atom. The zero-order chi connectivity index (χ0) is 15.9. The van der Waals surface area contributed by atoms with E-state index in [0.29, 0.717) is 18.0 Å². The summed E-state index contributed by atoms with van der Waals surface area (Å²) in [5, 5.41) is 14.7. The third-order valence-corrected chi connectivity index (χ3v) is 3.35. The van der Waals surface area contributed by atoms with Gasteiger partial charge in [-0.2, -0.15) is 0 Å². The minimum absolute atomic E-state index is 0.0989. The van der Waals surface area contributed by atoms with Crippen LogP contribution in [0.4, 0.5) is 10.5 Å². The Hall–Kier alpha value is -1.75. The fourth-order valence-electron chi connectivity index (χ4n) is 1.92. The predicted octanol–water partition coefficient (Wildman–Crippen LogP) is 2.92. The SMILES string of the molecule is COc1cc(C)ccc1NC(=O)NCCCC(C)(C)CO. The van der Waals surface area contributed by atoms with E-state index in [1.165, 1.54) is 0 Å². The van der Waals surface area contributed by atoms with Crippen LogP contribution in [0.2, 0.25) is 0 Å². The lowest BCUT2D eigenvalue weighted by Gasteiger charge is -2.21. The van der Waals surface area contributed by atoms with Crippen molar-refractivity contribution >= 4 is 11.7 Å². The lowest BCUT2D eigenvalue weighted by molar-refractivity contribution is 0.148. The molecule has 5 nitrogen and oxygen atoms in total. The largest absolute Gasteiger partial charge is 0.495 e. The number of urea groups is 1. The average molecular weight is 294 g/mol. The highest BCUT2D eigenvalue weighted by Gasteiger charge is 2.15. The summed E-state index contributed by atoms with van der Waals surface area (Å²) in [5.41, 5.74) is 1.62. The molecule has 0 aliphatic rings. The molecule has 1 aromatic carbocycles. The molecule has 118 valence electrons. The maximum atomic E-state index is 11.8. The number of methoxy groups -OCH3 is 1. The Labute approximate surface area is 126 Å². The molecule has 0 saturated heterocycles. The molecule has 5 heteroatoms. The molecule has 0 unspecified atom stereocenters. The third-order valence-electron chi connectivity index (χ3n) is 3.35. The fourth-order valence-corrected chi connectivity index (χ4v) is 1.92. The molecule has 3 N–H and O–H groups in total. The van der Waals surface area contributed by atoms with Gasteiger partial charge in [0.1, 0.15) is 5.75 Å². The average Bonchev–Trinajstić information content (AvgIpc) is 2.45. The number of anilines is 1. The number of carbonyl (C=O) groups excluding carboxylic acids is 1. The van der Waals surface area contributed by atoms with Gasteiger partial charge in [-0.25, -0.2) is 4.79 Å². The molecule has 1 aromatic rings. The molecule has 0 atom stereocenters. The zero-order valence-corrected chi connectivity index (χ0v) is 13.3. The maximum Gasteiger partial charge on any atom is 0.319 e. The van der Waals surface area contributed by atoms with Gasteiger partial charge in [0.05, 0.1) is 12.8 Å². The highest BCUT2D eigenvalue weighted by atomic mass is 16.5. The smallest absolute Gasteiger partial charge is 0.319 e. The van der Waals surface area contributed by atoms with E-state index in [0.717, 1.165) is 18.4 Å². The Morgan fingerprint density at radius 3 is 2.71 bits per heavy atom. The number of hydrogen-bond acceptors (Lipinski definition) is 3. The summed E-state index contributed by atoms with van der Waals surface area (Å²) in [6.07, 6.45) is 1.68. The molecule has 1 rings (SSSR count). The first kappa shape index (κ1) is 17.3. The first-order valence-corrected chi connectivity index (χ1v) is 7.18. The summed E-state index contributed by atoms with van der Waals surface area (Å²) in [6.45, 7) is 6.70. The van der Waals surface area contributed by atoms with Crippen molar-refractivity contribution < 1.29 is 14.6 Å². The molecule has 0 fully saturated rings. The van der Waals surface area contributed by atoms with E-state index in [9.17, 15) is 4.79 Å². The minimum atomic E-state index is -0.251. The van der Waals surface area contributed by atoms with E-state index in [-0.39, 0.29) is 18.1 Å². The molecule has 0 aliphatic carbocycles. The van der Waals surface area contributed by atoms with Crippen LogP contribution in [0, 0.1) is 12.3 Å². The van der Waals surface area contributed by atoms with Crippen LogP contribution in [0.15, 0.2) is 18.2 Å². The summed E-state index contributed by atoms with van der Waals surface area (Å²) < 4.78 is 5.24. The van der Waals surface area contributed by atoms with E-state index >= 15 is 0 Å². The molecule has 0 radical (unpaired) electrons. The van der Waals surface area contributed by atoms with Crippen LogP contribution in [0.3, 0.4) is 0 Å². The van der Waals surface area contributed by atoms with Gasteiger partial charge in [-0.1, -0.05) is 19.9 Å². The molecule has 0 aromatic heterocycles. The van der Waals surface area contributed by atoms with Crippen LogP contribution in [-0.4, -0.2) is 31.4 Å². The van der Waals surface area contributed by atoms with Gasteiger partial charge in [-0.3, -0.25) is 0 Å². The number of aliphatic hydroxyl groups is 1. The summed E-state index contributed by atoms with van der Waals surface area (Å²) in [5.74, 6) is 0.645. The summed E-state index contributed by atoms with van der Waals surface area (Å²) in [4.78, 5) is 11.8. The van der Waals surface area contributed by atoms with Crippen molar-refractivity contribution in [3.63, 3.8) is 0 Å². The molecule has 0 saturated carbocycles. The number of ether oxygens (including phenoxy) is 1. The number of aliphatic hydroxyl groups excluding tert-OH is 1. The van der Waals surface area contributed by atoms with Crippen molar-refractivity contribution in [3.05, 3.63) is 23.8 Å². The van der Waals surface area contributed by atoms with E-state index in [1.54, 1.807) is 7.11 Å². The fraction of sp³-hybridized carbons (Fsp3) is 0.562. The van der Waals surface area contributed by atoms with Gasteiger partial charge in [0.15, 0.2) is 0 Å². The van der Waals surface area contributed by atoms with Crippen molar-refractivity contribution in [2.75, 3.05) is 25.6 Å². The second kappa shape index (κ2) is 7.88.